The van der Waals surface area contributed by atoms with Crippen LogP contribution >= 0.6 is 11.3 Å². The normalized spacial score (nSPS) is 64.9. The van der Waals surface area contributed by atoms with Crippen molar-refractivity contribution >= 4 is 17.3 Å². The number of thiophene rings is 1. The Morgan fingerprint density at radius 3 is 1.97 bits per heavy atom. The lowest BCUT2D eigenvalue weighted by atomic mass is 9.41. The van der Waals surface area contributed by atoms with Crippen molar-refractivity contribution in [2.24, 2.45) is 165 Å². The third-order valence-corrected chi connectivity index (χ3v) is 28.2. The second kappa shape index (κ2) is 10.0. The molecule has 1 aromatic heterocycles. The van der Waals surface area contributed by atoms with Crippen molar-refractivity contribution in [3.8, 4) is 0 Å². The van der Waals surface area contributed by atoms with Crippen LogP contribution in [-0.4, -0.2) is 12.6 Å². The number of esters is 1. The smallest absolute Gasteiger partial charge is 0.305 e. The number of rotatable bonds is 8. The van der Waals surface area contributed by atoms with Gasteiger partial charge in [0.25, 0.3) is 0 Å². The van der Waals surface area contributed by atoms with Crippen LogP contribution in [0.15, 0.2) is 58.3 Å². The van der Waals surface area contributed by atoms with Gasteiger partial charge in [0.2, 0.25) is 0 Å². The van der Waals surface area contributed by atoms with Gasteiger partial charge in [-0.15, -0.1) is 0 Å². The first-order chi connectivity index (χ1) is 29.7. The molecule has 310 valence electrons. The first kappa shape index (κ1) is 32.7. The fraction of sp³-hybridized carbons (Fsp3) is 0.772. The zero-order chi connectivity index (χ0) is 38.1. The molecule has 29 unspecified atom stereocenters. The third-order valence-electron chi connectivity index (χ3n) is 27.5. The molecule has 0 bridgehead atoms. The first-order valence-electron chi connectivity index (χ1n) is 26.7. The average molecular weight is 813 g/mol. The maximum absolute atomic E-state index is 13.7. The minimum atomic E-state index is 0.0686. The van der Waals surface area contributed by atoms with Gasteiger partial charge in [0, 0.05) is 23.7 Å². The Morgan fingerprint density at radius 2 is 1.27 bits per heavy atom. The van der Waals surface area contributed by atoms with Crippen LogP contribution in [0.25, 0.3) is 0 Å². The Hall–Kier alpha value is -1.87. The van der Waals surface area contributed by atoms with Gasteiger partial charge in [0.15, 0.2) is 0 Å². The molecule has 17 aliphatic carbocycles. The number of hydrogen-bond donors (Lipinski definition) is 0. The summed E-state index contributed by atoms with van der Waals surface area (Å²) in [5, 5.41) is 4.36. The van der Waals surface area contributed by atoms with Gasteiger partial charge in [-0.3, -0.25) is 4.79 Å². The van der Waals surface area contributed by atoms with E-state index in [1.54, 1.807) is 68.3 Å². The summed E-state index contributed by atoms with van der Waals surface area (Å²) in [6.45, 7) is 0.535. The second-order valence-corrected chi connectivity index (χ2v) is 27.0. The molecule has 19 rings (SSSR count). The van der Waals surface area contributed by atoms with Crippen LogP contribution in [0, 0.1) is 165 Å². The van der Waals surface area contributed by atoms with Gasteiger partial charge in [0.05, 0.1) is 6.61 Å². The van der Waals surface area contributed by atoms with Gasteiger partial charge in [-0.25, -0.2) is 0 Å². The Labute approximate surface area is 361 Å². The number of ether oxygens (including phenoxy) is 1. The maximum Gasteiger partial charge on any atom is 0.305 e. The highest BCUT2D eigenvalue weighted by Gasteiger charge is 3.02. The van der Waals surface area contributed by atoms with Gasteiger partial charge in [-0.05, 0) is 264 Å². The van der Waals surface area contributed by atoms with Crippen molar-refractivity contribution < 1.29 is 9.53 Å². The first-order valence-corrected chi connectivity index (χ1v) is 27.6. The van der Waals surface area contributed by atoms with E-state index in [2.05, 4.69) is 58.3 Å². The standard InChI is InChI=1S/C57H64O2S/c58-35(59-21-17-24-18-22-60-23-24)7-4-19-55(25-5-2-1-3-6-25)56-20-16-33-32-13-12-29-28-9-8-26-27-10-11-30-31-14-15-34(56)43-42(31)46-39(30)38(27)44-36(26)37(28)45-40(29)41(32)51-50-48(45)47(44)49(46)52(50)54(43)57(55,56)53(33)51/h1-3,5-6,18,22-23,26-32,34,36-52,54H,4,7-17,19-21H2. The molecule has 3 heteroatoms. The predicted octanol–water partition coefficient (Wildman–Crippen LogP) is 11.4. The van der Waals surface area contributed by atoms with Gasteiger partial charge >= 0.3 is 5.97 Å². The number of benzene rings is 1. The van der Waals surface area contributed by atoms with E-state index in [4.69, 9.17) is 4.74 Å². The number of carbonyl (C=O) groups is 1. The monoisotopic (exact) mass is 812 g/mol. The average Bonchev–Trinajstić information content (AvgIpc) is 4.07. The molecule has 0 amide bonds. The SMILES string of the molecule is O=C(CCCC1(c2ccccc2)C23CCC4=C5C6C7C4CCC4C8CCC9C%10CCC%11C%12CCC2C2C%12C%12C%11C%10C%10C9C8C(C47)C4C6C(C%12C%104)C2C513)OCCc1ccsc1. The quantitative estimate of drug-likeness (QED) is 0.196. The van der Waals surface area contributed by atoms with Crippen LogP contribution in [0.2, 0.25) is 0 Å². The van der Waals surface area contributed by atoms with Crippen molar-refractivity contribution in [1.29, 1.82) is 0 Å². The summed E-state index contributed by atoms with van der Waals surface area (Å²) in [5.74, 6) is 28.3. The molecule has 0 radical (unpaired) electrons. The summed E-state index contributed by atoms with van der Waals surface area (Å²) in [4.78, 5) is 13.7. The zero-order valence-electron chi connectivity index (χ0n) is 35.5. The van der Waals surface area contributed by atoms with Crippen LogP contribution in [0.5, 0.6) is 0 Å². The summed E-state index contributed by atoms with van der Waals surface area (Å²) in [5.41, 5.74) is 8.53. The van der Waals surface area contributed by atoms with E-state index in [-0.39, 0.29) is 11.4 Å². The van der Waals surface area contributed by atoms with Crippen molar-refractivity contribution in [3.05, 3.63) is 69.4 Å². The molecule has 0 saturated heterocycles. The van der Waals surface area contributed by atoms with E-state index < -0.39 is 0 Å². The lowest BCUT2D eigenvalue weighted by Crippen LogP contribution is -2.60. The summed E-state index contributed by atoms with van der Waals surface area (Å²) >= 11 is 1.75. The van der Waals surface area contributed by atoms with Crippen LogP contribution < -0.4 is 0 Å². The molecule has 1 spiro atoms. The third kappa shape index (κ3) is 2.84. The van der Waals surface area contributed by atoms with E-state index in [0.29, 0.717) is 23.9 Å². The molecule has 1 heterocycles. The lowest BCUT2D eigenvalue weighted by Gasteiger charge is -2.63. The molecule has 0 N–H and O–H groups in total. The highest BCUT2D eigenvalue weighted by atomic mass is 32.1. The van der Waals surface area contributed by atoms with Crippen molar-refractivity contribution in [1.82, 2.24) is 0 Å². The van der Waals surface area contributed by atoms with E-state index in [9.17, 15) is 4.79 Å². The van der Waals surface area contributed by atoms with Crippen LogP contribution in [0.4, 0.5) is 0 Å². The number of carbonyl (C=O) groups excluding carboxylic acids is 1. The minimum Gasteiger partial charge on any atom is -0.465 e. The number of fused-ring (bicyclic) bond motifs is 4. The zero-order valence-corrected chi connectivity index (χ0v) is 36.3. The minimum absolute atomic E-state index is 0.0686. The molecule has 2 nitrogen and oxygen atoms in total. The molecular formula is C57H64O2S. The molecule has 2 aromatic rings. The van der Waals surface area contributed by atoms with Gasteiger partial charge in [-0.1, -0.05) is 41.5 Å². The van der Waals surface area contributed by atoms with Gasteiger partial charge < -0.3 is 4.74 Å². The summed E-state index contributed by atoms with van der Waals surface area (Å²) in [6.07, 6.45) is 19.6. The van der Waals surface area contributed by atoms with Crippen molar-refractivity contribution in [3.63, 3.8) is 0 Å². The molecule has 60 heavy (non-hydrogen) atoms. The summed E-state index contributed by atoms with van der Waals surface area (Å²) < 4.78 is 6.05. The largest absolute Gasteiger partial charge is 0.465 e. The molecule has 0 aliphatic heterocycles. The molecular weight excluding hydrogens is 749 g/mol. The predicted molar refractivity (Wildman–Crippen MR) is 230 cm³/mol. The van der Waals surface area contributed by atoms with Crippen LogP contribution in [-0.2, 0) is 21.4 Å². The van der Waals surface area contributed by atoms with Gasteiger partial charge in [-0.2, -0.15) is 11.3 Å². The second-order valence-electron chi connectivity index (χ2n) is 26.2. The Kier molecular flexibility index (Phi) is 5.46. The Bertz CT molecular complexity index is 2360. The van der Waals surface area contributed by atoms with Gasteiger partial charge in [0.1, 0.15) is 0 Å². The van der Waals surface area contributed by atoms with Crippen LogP contribution in [0.1, 0.15) is 94.6 Å². The van der Waals surface area contributed by atoms with E-state index >= 15 is 0 Å². The van der Waals surface area contributed by atoms with E-state index in [0.717, 1.165) is 167 Å². The molecule has 15 fully saturated rings. The van der Waals surface area contributed by atoms with E-state index in [1.165, 1.54) is 24.8 Å². The summed E-state index contributed by atoms with van der Waals surface area (Å²) in [6, 6.07) is 14.7. The lowest BCUT2D eigenvalue weighted by molar-refractivity contribution is -0.152. The van der Waals surface area contributed by atoms with E-state index in [1.807, 2.05) is 0 Å². The van der Waals surface area contributed by atoms with Crippen molar-refractivity contribution in [2.75, 3.05) is 6.61 Å². The Morgan fingerprint density at radius 1 is 0.650 bits per heavy atom. The molecule has 15 saturated carbocycles. The Balaban J connectivity index is 0.841. The fourth-order valence-corrected chi connectivity index (χ4v) is 29.6. The topological polar surface area (TPSA) is 26.3 Å². The molecule has 17 aliphatic rings. The highest BCUT2D eigenvalue weighted by molar-refractivity contribution is 7.07. The number of hydrogen-bond acceptors (Lipinski definition) is 3. The highest BCUT2D eigenvalue weighted by Crippen LogP contribution is 3.05. The molecule has 1 aromatic carbocycles. The fourth-order valence-electron chi connectivity index (χ4n) is 28.9. The number of allylic oxidation sites excluding steroid dienone is 2. The molecule has 29 atom stereocenters. The summed E-state index contributed by atoms with van der Waals surface area (Å²) in [7, 11) is 0. The van der Waals surface area contributed by atoms with Crippen LogP contribution in [0.3, 0.4) is 0 Å². The maximum atomic E-state index is 13.7. The van der Waals surface area contributed by atoms with Crippen molar-refractivity contribution in [2.45, 2.75) is 95.3 Å².